The van der Waals surface area contributed by atoms with E-state index in [1.807, 2.05) is 0 Å². The van der Waals surface area contributed by atoms with Crippen molar-refractivity contribution >= 4 is 9.84 Å². The smallest absolute Gasteiger partial charge is 0.165 e. The van der Waals surface area contributed by atoms with Gasteiger partial charge in [0.05, 0.1) is 18.1 Å². The minimum absolute atomic E-state index is 0.0000640. The van der Waals surface area contributed by atoms with Crippen LogP contribution in [0.15, 0.2) is 18.2 Å². The minimum Gasteiger partial charge on any atom is -0.494 e. The van der Waals surface area contributed by atoms with E-state index >= 15 is 0 Å². The van der Waals surface area contributed by atoms with Gasteiger partial charge >= 0.3 is 0 Å². The predicted octanol–water partition coefficient (Wildman–Crippen LogP) is 1.28. The van der Waals surface area contributed by atoms with Crippen LogP contribution >= 0.6 is 0 Å². The lowest BCUT2D eigenvalue weighted by Gasteiger charge is -2.28. The third-order valence-corrected chi connectivity index (χ3v) is 5.43. The molecule has 0 aromatic heterocycles. The van der Waals surface area contributed by atoms with Crippen LogP contribution in [0.2, 0.25) is 0 Å². The van der Waals surface area contributed by atoms with Crippen LogP contribution in [0.1, 0.15) is 18.5 Å². The van der Waals surface area contributed by atoms with Crippen molar-refractivity contribution in [3.05, 3.63) is 29.6 Å². The van der Waals surface area contributed by atoms with Crippen LogP contribution in [0.5, 0.6) is 5.75 Å². The molecule has 2 rings (SSSR count). The number of rotatable bonds is 2. The van der Waals surface area contributed by atoms with Gasteiger partial charge < -0.3 is 10.1 Å². The van der Waals surface area contributed by atoms with Gasteiger partial charge in [0, 0.05) is 12.6 Å². The third kappa shape index (κ3) is 2.49. The van der Waals surface area contributed by atoms with Crippen LogP contribution < -0.4 is 10.1 Å². The standard InChI is InChI=1S/C12H16FNO3S/c1-8-6-14-11(7-18(8,15)16)9-3-4-12(17-2)10(13)5-9/h3-5,8,11,14H,6-7H2,1-2H3. The molecule has 6 heteroatoms. The van der Waals surface area contributed by atoms with Gasteiger partial charge in [0.1, 0.15) is 0 Å². The van der Waals surface area contributed by atoms with E-state index in [9.17, 15) is 12.8 Å². The van der Waals surface area contributed by atoms with Crippen molar-refractivity contribution in [2.75, 3.05) is 19.4 Å². The second-order valence-corrected chi connectivity index (χ2v) is 6.96. The van der Waals surface area contributed by atoms with Crippen molar-refractivity contribution in [2.45, 2.75) is 18.2 Å². The van der Waals surface area contributed by atoms with Crippen LogP contribution in [0.25, 0.3) is 0 Å². The van der Waals surface area contributed by atoms with Crippen LogP contribution in [0.3, 0.4) is 0 Å². The molecule has 0 saturated carbocycles. The molecule has 1 saturated heterocycles. The second-order valence-electron chi connectivity index (χ2n) is 4.49. The van der Waals surface area contributed by atoms with E-state index < -0.39 is 20.9 Å². The monoisotopic (exact) mass is 273 g/mol. The number of benzene rings is 1. The molecule has 1 N–H and O–H groups in total. The van der Waals surface area contributed by atoms with Crippen LogP contribution in [-0.2, 0) is 9.84 Å². The molecule has 1 fully saturated rings. The van der Waals surface area contributed by atoms with Crippen LogP contribution in [0.4, 0.5) is 4.39 Å². The minimum atomic E-state index is -3.10. The van der Waals surface area contributed by atoms with E-state index in [0.717, 1.165) is 0 Å². The summed E-state index contributed by atoms with van der Waals surface area (Å²) < 4.78 is 42.0. The lowest BCUT2D eigenvalue weighted by atomic mass is 10.1. The highest BCUT2D eigenvalue weighted by Gasteiger charge is 2.31. The maximum Gasteiger partial charge on any atom is 0.165 e. The van der Waals surface area contributed by atoms with Crippen molar-refractivity contribution < 1.29 is 17.5 Å². The van der Waals surface area contributed by atoms with E-state index in [2.05, 4.69) is 5.32 Å². The first-order valence-electron chi connectivity index (χ1n) is 5.72. The topological polar surface area (TPSA) is 55.4 Å². The zero-order valence-corrected chi connectivity index (χ0v) is 11.1. The fourth-order valence-electron chi connectivity index (χ4n) is 2.00. The lowest BCUT2D eigenvalue weighted by molar-refractivity contribution is 0.385. The SMILES string of the molecule is COc1ccc(C2CS(=O)(=O)C(C)CN2)cc1F. The number of halogens is 1. The van der Waals surface area contributed by atoms with Gasteiger partial charge in [-0.25, -0.2) is 12.8 Å². The highest BCUT2D eigenvalue weighted by Crippen LogP contribution is 2.25. The van der Waals surface area contributed by atoms with Gasteiger partial charge in [-0.1, -0.05) is 6.07 Å². The Balaban J connectivity index is 2.25. The van der Waals surface area contributed by atoms with Crippen molar-refractivity contribution in [1.29, 1.82) is 0 Å². The quantitative estimate of drug-likeness (QED) is 0.882. The Kier molecular flexibility index (Phi) is 3.59. The summed E-state index contributed by atoms with van der Waals surface area (Å²) in [7, 11) is -1.71. The Labute approximate surface area is 106 Å². The van der Waals surface area contributed by atoms with Gasteiger partial charge in [0.25, 0.3) is 0 Å². The molecule has 0 radical (unpaired) electrons. The average Bonchev–Trinajstić information content (AvgIpc) is 2.32. The molecule has 0 spiro atoms. The van der Waals surface area contributed by atoms with E-state index in [0.29, 0.717) is 12.1 Å². The molecule has 1 aliphatic heterocycles. The first kappa shape index (κ1) is 13.3. The van der Waals surface area contributed by atoms with Crippen molar-refractivity contribution in [2.24, 2.45) is 0 Å². The molecule has 18 heavy (non-hydrogen) atoms. The first-order chi connectivity index (χ1) is 8.44. The van der Waals surface area contributed by atoms with E-state index in [4.69, 9.17) is 4.74 Å². The molecular formula is C12H16FNO3S. The number of hydrogen-bond donors (Lipinski definition) is 1. The lowest BCUT2D eigenvalue weighted by Crippen LogP contribution is -2.44. The summed E-state index contributed by atoms with van der Waals surface area (Å²) in [5.74, 6) is -0.321. The summed E-state index contributed by atoms with van der Waals surface area (Å²) >= 11 is 0. The number of nitrogens with one attached hydrogen (secondary N) is 1. The van der Waals surface area contributed by atoms with Crippen molar-refractivity contribution in [3.8, 4) is 5.75 Å². The fraction of sp³-hybridized carbons (Fsp3) is 0.500. The highest BCUT2D eigenvalue weighted by molar-refractivity contribution is 7.92. The molecule has 2 atom stereocenters. The Bertz CT molecular complexity index is 544. The molecule has 4 nitrogen and oxygen atoms in total. The van der Waals surface area contributed by atoms with Crippen LogP contribution in [0, 0.1) is 5.82 Å². The Morgan fingerprint density at radius 3 is 2.72 bits per heavy atom. The van der Waals surface area contributed by atoms with Gasteiger partial charge in [-0.3, -0.25) is 0 Å². The molecule has 1 heterocycles. The molecular weight excluding hydrogens is 257 g/mol. The first-order valence-corrected chi connectivity index (χ1v) is 7.44. The summed E-state index contributed by atoms with van der Waals surface area (Å²) in [6, 6.07) is 4.16. The number of methoxy groups -OCH3 is 1. The summed E-state index contributed by atoms with van der Waals surface area (Å²) in [5, 5.41) is 2.73. The molecule has 2 unspecified atom stereocenters. The molecule has 1 aromatic carbocycles. The highest BCUT2D eigenvalue weighted by atomic mass is 32.2. The number of hydrogen-bond acceptors (Lipinski definition) is 4. The van der Waals surface area contributed by atoms with Crippen molar-refractivity contribution in [3.63, 3.8) is 0 Å². The summed E-state index contributed by atoms with van der Waals surface area (Å²) in [6.07, 6.45) is 0. The van der Waals surface area contributed by atoms with Crippen LogP contribution in [-0.4, -0.2) is 33.1 Å². The Morgan fingerprint density at radius 2 is 2.17 bits per heavy atom. The maximum absolute atomic E-state index is 13.6. The molecule has 1 aliphatic rings. The average molecular weight is 273 g/mol. The van der Waals surface area contributed by atoms with E-state index in [1.165, 1.54) is 19.2 Å². The predicted molar refractivity (Wildman–Crippen MR) is 66.9 cm³/mol. The summed E-state index contributed by atoms with van der Waals surface area (Å²) in [6.45, 7) is 2.06. The Hall–Kier alpha value is -1.14. The zero-order valence-electron chi connectivity index (χ0n) is 10.3. The second kappa shape index (κ2) is 4.85. The maximum atomic E-state index is 13.6. The normalized spacial score (nSPS) is 26.8. The van der Waals surface area contributed by atoms with Gasteiger partial charge in [0.15, 0.2) is 21.4 Å². The van der Waals surface area contributed by atoms with Gasteiger partial charge in [0.2, 0.25) is 0 Å². The third-order valence-electron chi connectivity index (χ3n) is 3.24. The molecule has 1 aromatic rings. The Morgan fingerprint density at radius 1 is 1.44 bits per heavy atom. The fourth-order valence-corrected chi connectivity index (χ4v) is 3.46. The van der Waals surface area contributed by atoms with E-state index in [1.54, 1.807) is 13.0 Å². The summed E-state index contributed by atoms with van der Waals surface area (Å²) in [5.41, 5.74) is 0.628. The van der Waals surface area contributed by atoms with Gasteiger partial charge in [-0.15, -0.1) is 0 Å². The van der Waals surface area contributed by atoms with Gasteiger partial charge in [-0.05, 0) is 24.6 Å². The number of ether oxygens (including phenoxy) is 1. The largest absolute Gasteiger partial charge is 0.494 e. The van der Waals surface area contributed by atoms with Crippen molar-refractivity contribution in [1.82, 2.24) is 5.32 Å². The molecule has 100 valence electrons. The molecule has 0 bridgehead atoms. The zero-order chi connectivity index (χ0) is 13.3. The molecule has 0 aliphatic carbocycles. The molecule has 0 amide bonds. The summed E-state index contributed by atoms with van der Waals surface area (Å²) in [4.78, 5) is 0. The number of sulfone groups is 1. The van der Waals surface area contributed by atoms with E-state index in [-0.39, 0.29) is 17.5 Å². The van der Waals surface area contributed by atoms with Gasteiger partial charge in [-0.2, -0.15) is 0 Å².